The van der Waals surface area contributed by atoms with Crippen LogP contribution in [0.25, 0.3) is 0 Å². The second-order valence-corrected chi connectivity index (χ2v) is 8.28. The van der Waals surface area contributed by atoms with Gasteiger partial charge in [0.1, 0.15) is 23.9 Å². The van der Waals surface area contributed by atoms with Gasteiger partial charge in [0.25, 0.3) is 5.91 Å². The molecule has 1 saturated heterocycles. The highest BCUT2D eigenvalue weighted by Gasteiger charge is 2.28. The van der Waals surface area contributed by atoms with E-state index in [0.29, 0.717) is 55.3 Å². The summed E-state index contributed by atoms with van der Waals surface area (Å²) in [6.45, 7) is 9.02. The van der Waals surface area contributed by atoms with Gasteiger partial charge in [-0.15, -0.1) is 0 Å². The standard InChI is InChI=1S/C25H28FN3O3/c1-17-8-9-23(18(2)14-17)31-16-21-19(3)32-27-24(21)25(30)29-12-10-28(11-13-29)15-20-6-4-5-7-22(20)26/h4-9,14H,10-13,15-16H2,1-3H3. The minimum Gasteiger partial charge on any atom is -0.488 e. The molecule has 32 heavy (non-hydrogen) atoms. The van der Waals surface area contributed by atoms with Crippen LogP contribution in [0, 0.1) is 26.6 Å². The maximum atomic E-state index is 13.9. The molecule has 0 aliphatic carbocycles. The van der Waals surface area contributed by atoms with Gasteiger partial charge in [-0.3, -0.25) is 9.69 Å². The highest BCUT2D eigenvalue weighted by atomic mass is 19.1. The molecule has 3 aromatic rings. The van der Waals surface area contributed by atoms with Crippen LogP contribution in [0.3, 0.4) is 0 Å². The number of hydrogen-bond acceptors (Lipinski definition) is 5. The van der Waals surface area contributed by atoms with Crippen LogP contribution in [0.2, 0.25) is 0 Å². The summed E-state index contributed by atoms with van der Waals surface area (Å²) in [6.07, 6.45) is 0. The number of carbonyl (C=O) groups excluding carboxylic acids is 1. The van der Waals surface area contributed by atoms with Crippen molar-refractivity contribution in [2.45, 2.75) is 33.9 Å². The maximum absolute atomic E-state index is 13.9. The summed E-state index contributed by atoms with van der Waals surface area (Å²) in [5.41, 5.74) is 3.85. The molecule has 6 nitrogen and oxygen atoms in total. The third kappa shape index (κ3) is 4.83. The fourth-order valence-electron chi connectivity index (χ4n) is 3.97. The van der Waals surface area contributed by atoms with Crippen LogP contribution in [-0.2, 0) is 13.2 Å². The van der Waals surface area contributed by atoms with Gasteiger partial charge in [0.15, 0.2) is 5.69 Å². The lowest BCUT2D eigenvalue weighted by atomic mass is 10.1. The summed E-state index contributed by atoms with van der Waals surface area (Å²) in [6, 6.07) is 12.8. The Kier molecular flexibility index (Phi) is 6.55. The maximum Gasteiger partial charge on any atom is 0.276 e. The Morgan fingerprint density at radius 3 is 2.56 bits per heavy atom. The molecule has 1 fully saturated rings. The Balaban J connectivity index is 1.38. The quantitative estimate of drug-likeness (QED) is 0.576. The van der Waals surface area contributed by atoms with Crippen LogP contribution < -0.4 is 4.74 Å². The fraction of sp³-hybridized carbons (Fsp3) is 0.360. The second-order valence-electron chi connectivity index (χ2n) is 8.28. The Hall–Kier alpha value is -3.19. The molecule has 7 heteroatoms. The van der Waals surface area contributed by atoms with Gasteiger partial charge < -0.3 is 14.2 Å². The number of rotatable bonds is 6. The van der Waals surface area contributed by atoms with E-state index >= 15 is 0 Å². The average Bonchev–Trinajstić information content (AvgIpc) is 3.15. The largest absolute Gasteiger partial charge is 0.488 e. The van der Waals surface area contributed by atoms with Crippen LogP contribution in [0.1, 0.15) is 38.5 Å². The molecule has 1 amide bonds. The lowest BCUT2D eigenvalue weighted by Gasteiger charge is -2.34. The van der Waals surface area contributed by atoms with Gasteiger partial charge in [-0.1, -0.05) is 41.1 Å². The predicted octanol–water partition coefficient (Wildman–Crippen LogP) is 4.28. The number of ether oxygens (including phenoxy) is 1. The number of piperazine rings is 1. The van der Waals surface area contributed by atoms with Gasteiger partial charge in [-0.2, -0.15) is 0 Å². The van der Waals surface area contributed by atoms with Crippen LogP contribution >= 0.6 is 0 Å². The molecule has 2 heterocycles. The zero-order chi connectivity index (χ0) is 22.7. The average molecular weight is 438 g/mol. The Morgan fingerprint density at radius 2 is 1.84 bits per heavy atom. The Labute approximate surface area is 187 Å². The Bertz CT molecular complexity index is 1100. The van der Waals surface area contributed by atoms with Crippen molar-refractivity contribution < 1.29 is 18.4 Å². The SMILES string of the molecule is Cc1ccc(OCc2c(C(=O)N3CCN(Cc4ccccc4F)CC3)noc2C)c(C)c1. The lowest BCUT2D eigenvalue weighted by Crippen LogP contribution is -2.48. The molecule has 0 bridgehead atoms. The van der Waals surface area contributed by atoms with E-state index < -0.39 is 0 Å². The molecule has 1 aliphatic rings. The van der Waals surface area contributed by atoms with Crippen molar-refractivity contribution in [3.05, 3.63) is 82.0 Å². The number of halogens is 1. The van der Waals surface area contributed by atoms with E-state index in [2.05, 4.69) is 16.1 Å². The van der Waals surface area contributed by atoms with Crippen molar-refractivity contribution in [2.24, 2.45) is 0 Å². The van der Waals surface area contributed by atoms with E-state index in [1.54, 1.807) is 24.0 Å². The topological polar surface area (TPSA) is 58.8 Å². The van der Waals surface area contributed by atoms with Crippen LogP contribution in [-0.4, -0.2) is 47.0 Å². The van der Waals surface area contributed by atoms with Crippen LogP contribution in [0.4, 0.5) is 4.39 Å². The molecule has 0 spiro atoms. The van der Waals surface area contributed by atoms with Crippen molar-refractivity contribution in [1.29, 1.82) is 0 Å². The molecule has 1 aromatic heterocycles. The van der Waals surface area contributed by atoms with E-state index in [0.717, 1.165) is 11.3 Å². The number of aryl methyl sites for hydroxylation is 3. The summed E-state index contributed by atoms with van der Waals surface area (Å²) >= 11 is 0. The van der Waals surface area contributed by atoms with E-state index in [4.69, 9.17) is 9.26 Å². The fourth-order valence-corrected chi connectivity index (χ4v) is 3.97. The second kappa shape index (κ2) is 9.53. The first-order valence-corrected chi connectivity index (χ1v) is 10.8. The molecular formula is C25H28FN3O3. The smallest absolute Gasteiger partial charge is 0.276 e. The Morgan fingerprint density at radius 1 is 1.09 bits per heavy atom. The summed E-state index contributed by atoms with van der Waals surface area (Å²) < 4.78 is 25.2. The molecule has 0 atom stereocenters. The van der Waals surface area contributed by atoms with Gasteiger partial charge in [-0.05, 0) is 38.5 Å². The van der Waals surface area contributed by atoms with E-state index in [9.17, 15) is 9.18 Å². The lowest BCUT2D eigenvalue weighted by molar-refractivity contribution is 0.0615. The van der Waals surface area contributed by atoms with E-state index in [1.165, 1.54) is 11.6 Å². The highest BCUT2D eigenvalue weighted by molar-refractivity contribution is 5.93. The van der Waals surface area contributed by atoms with Crippen LogP contribution in [0.5, 0.6) is 5.75 Å². The summed E-state index contributed by atoms with van der Waals surface area (Å²) in [5.74, 6) is 0.997. The number of carbonyl (C=O) groups is 1. The van der Waals surface area contributed by atoms with E-state index in [1.807, 2.05) is 32.0 Å². The molecule has 0 N–H and O–H groups in total. The molecule has 1 aliphatic heterocycles. The number of hydrogen-bond donors (Lipinski definition) is 0. The summed E-state index contributed by atoms with van der Waals surface area (Å²) in [7, 11) is 0. The number of benzene rings is 2. The number of nitrogens with zero attached hydrogens (tertiary/aromatic N) is 3. The minimum absolute atomic E-state index is 0.161. The number of aromatic nitrogens is 1. The third-order valence-electron chi connectivity index (χ3n) is 5.90. The molecule has 0 unspecified atom stereocenters. The molecule has 0 saturated carbocycles. The number of amides is 1. The normalized spacial score (nSPS) is 14.6. The van der Waals surface area contributed by atoms with Crippen molar-refractivity contribution in [3.63, 3.8) is 0 Å². The first kappa shape index (κ1) is 22.0. The molecule has 4 rings (SSSR count). The minimum atomic E-state index is -0.197. The molecule has 0 radical (unpaired) electrons. The van der Waals surface area contributed by atoms with Gasteiger partial charge in [-0.25, -0.2) is 4.39 Å². The molecule has 168 valence electrons. The zero-order valence-electron chi connectivity index (χ0n) is 18.7. The van der Waals surface area contributed by atoms with Gasteiger partial charge >= 0.3 is 0 Å². The summed E-state index contributed by atoms with van der Waals surface area (Å²) in [4.78, 5) is 17.1. The monoisotopic (exact) mass is 437 g/mol. The molecule has 2 aromatic carbocycles. The van der Waals surface area contributed by atoms with E-state index in [-0.39, 0.29) is 18.3 Å². The molecular weight excluding hydrogens is 409 g/mol. The predicted molar refractivity (Wildman–Crippen MR) is 119 cm³/mol. The van der Waals surface area contributed by atoms with Crippen LogP contribution in [0.15, 0.2) is 47.0 Å². The van der Waals surface area contributed by atoms with Crippen molar-refractivity contribution in [1.82, 2.24) is 15.0 Å². The summed E-state index contributed by atoms with van der Waals surface area (Å²) in [5, 5.41) is 4.03. The zero-order valence-corrected chi connectivity index (χ0v) is 18.7. The highest BCUT2D eigenvalue weighted by Crippen LogP contribution is 2.23. The van der Waals surface area contributed by atoms with Gasteiger partial charge in [0.05, 0.1) is 5.56 Å². The van der Waals surface area contributed by atoms with Crippen molar-refractivity contribution >= 4 is 5.91 Å². The van der Waals surface area contributed by atoms with Crippen molar-refractivity contribution in [2.75, 3.05) is 26.2 Å². The van der Waals surface area contributed by atoms with Gasteiger partial charge in [0.2, 0.25) is 0 Å². The first-order chi connectivity index (χ1) is 15.4. The van der Waals surface area contributed by atoms with Gasteiger partial charge in [0, 0.05) is 38.3 Å². The van der Waals surface area contributed by atoms with Crippen molar-refractivity contribution in [3.8, 4) is 5.75 Å². The first-order valence-electron chi connectivity index (χ1n) is 10.8. The third-order valence-corrected chi connectivity index (χ3v) is 5.90.